The van der Waals surface area contributed by atoms with Gasteiger partial charge in [0.25, 0.3) is 0 Å². The summed E-state index contributed by atoms with van der Waals surface area (Å²) in [6.07, 6.45) is 6.46. The van der Waals surface area contributed by atoms with Gasteiger partial charge >= 0.3 is 0 Å². The number of aryl methyl sites for hydroxylation is 1. The number of likely N-dealkylation sites (tertiary alicyclic amines) is 1. The highest BCUT2D eigenvalue weighted by atomic mass is 32.1. The van der Waals surface area contributed by atoms with Gasteiger partial charge < -0.3 is 4.90 Å². The molecule has 0 amide bonds. The number of piperidine rings is 1. The summed E-state index contributed by atoms with van der Waals surface area (Å²) in [6, 6.07) is 10.1. The fourth-order valence-electron chi connectivity index (χ4n) is 4.45. The molecule has 0 aliphatic carbocycles. The van der Waals surface area contributed by atoms with E-state index >= 15 is 0 Å². The number of thiophene rings is 2. The van der Waals surface area contributed by atoms with E-state index < -0.39 is 0 Å². The largest absolute Gasteiger partial charge is 0.301 e. The summed E-state index contributed by atoms with van der Waals surface area (Å²) in [4.78, 5) is 4.31. The number of hydrogen-bond acceptors (Lipinski definition) is 3. The average molecular weight is 398 g/mol. The van der Waals surface area contributed by atoms with Gasteiger partial charge in [-0.1, -0.05) is 19.4 Å². The lowest BCUT2D eigenvalue weighted by atomic mass is 9.86. The molecule has 4 rings (SSSR count). The van der Waals surface area contributed by atoms with Crippen LogP contribution in [0.5, 0.6) is 0 Å². The minimum absolute atomic E-state index is 0.676. The van der Waals surface area contributed by atoms with Gasteiger partial charge in [-0.15, -0.1) is 11.3 Å². The summed E-state index contributed by atoms with van der Waals surface area (Å²) in [5, 5.41) is 5.99. The van der Waals surface area contributed by atoms with Crippen LogP contribution in [0.25, 0.3) is 21.2 Å². The van der Waals surface area contributed by atoms with Crippen LogP contribution < -0.4 is 0 Å². The van der Waals surface area contributed by atoms with E-state index in [4.69, 9.17) is 0 Å². The predicted molar refractivity (Wildman–Crippen MR) is 122 cm³/mol. The average Bonchev–Trinajstić information content (AvgIpc) is 3.33. The molecule has 0 spiro atoms. The molecular weight excluding hydrogens is 366 g/mol. The van der Waals surface area contributed by atoms with E-state index in [9.17, 15) is 0 Å². The van der Waals surface area contributed by atoms with Crippen molar-refractivity contribution in [3.63, 3.8) is 0 Å². The van der Waals surface area contributed by atoms with Crippen molar-refractivity contribution in [1.82, 2.24) is 4.90 Å². The molecule has 0 bridgehead atoms. The second kappa shape index (κ2) is 8.46. The van der Waals surface area contributed by atoms with Crippen molar-refractivity contribution in [1.29, 1.82) is 0 Å². The summed E-state index contributed by atoms with van der Waals surface area (Å²) in [7, 11) is 0. The Morgan fingerprint density at radius 1 is 1.11 bits per heavy atom. The zero-order chi connectivity index (χ0) is 18.8. The van der Waals surface area contributed by atoms with Gasteiger partial charge in [0.1, 0.15) is 0 Å². The molecule has 3 heterocycles. The predicted octanol–water partition coefficient (Wildman–Crippen LogP) is 7.56. The summed E-state index contributed by atoms with van der Waals surface area (Å²) in [6.45, 7) is 9.47. The second-order valence-corrected chi connectivity index (χ2v) is 10.1. The third-order valence-electron chi connectivity index (χ3n) is 6.08. The molecule has 1 aliphatic heterocycles. The molecule has 0 atom stereocenters. The summed E-state index contributed by atoms with van der Waals surface area (Å²) >= 11 is 3.85. The van der Waals surface area contributed by atoms with E-state index in [0.29, 0.717) is 6.04 Å². The monoisotopic (exact) mass is 397 g/mol. The van der Waals surface area contributed by atoms with E-state index in [2.05, 4.69) is 72.0 Å². The van der Waals surface area contributed by atoms with Crippen molar-refractivity contribution in [2.24, 2.45) is 0 Å². The van der Waals surface area contributed by atoms with Crippen LogP contribution >= 0.6 is 22.7 Å². The van der Waals surface area contributed by atoms with Gasteiger partial charge in [-0.2, -0.15) is 11.3 Å². The molecule has 2 aromatic heterocycles. The molecule has 3 aromatic rings. The van der Waals surface area contributed by atoms with E-state index in [0.717, 1.165) is 5.92 Å². The number of nitrogens with zero attached hydrogens (tertiary/aromatic N) is 1. The van der Waals surface area contributed by atoms with Gasteiger partial charge in [0.2, 0.25) is 0 Å². The van der Waals surface area contributed by atoms with E-state index in [1.807, 2.05) is 0 Å². The van der Waals surface area contributed by atoms with E-state index in [1.165, 1.54) is 66.4 Å². The van der Waals surface area contributed by atoms with Crippen molar-refractivity contribution >= 4 is 32.8 Å². The highest BCUT2D eigenvalue weighted by Crippen LogP contribution is 2.43. The lowest BCUT2D eigenvalue weighted by Gasteiger charge is -2.35. The molecule has 1 fully saturated rings. The molecule has 0 N–H and O–H groups in total. The SMILES string of the molecule is CCCCc1sc2ccc(-c3ccsc3)cc2c1C1CCN(C(C)C)CC1. The first kappa shape index (κ1) is 19.2. The Morgan fingerprint density at radius 2 is 1.93 bits per heavy atom. The van der Waals surface area contributed by atoms with Crippen LogP contribution in [0.1, 0.15) is 62.8 Å². The highest BCUT2D eigenvalue weighted by Gasteiger charge is 2.26. The second-order valence-electron chi connectivity index (χ2n) is 8.17. The maximum atomic E-state index is 2.65. The van der Waals surface area contributed by atoms with Crippen LogP contribution in [0.3, 0.4) is 0 Å². The van der Waals surface area contributed by atoms with Gasteiger partial charge in [0.15, 0.2) is 0 Å². The molecule has 1 saturated heterocycles. The third-order valence-corrected chi connectivity index (χ3v) is 8.01. The van der Waals surface area contributed by atoms with E-state index in [1.54, 1.807) is 21.8 Å². The van der Waals surface area contributed by atoms with Gasteiger partial charge in [-0.3, -0.25) is 0 Å². The summed E-state index contributed by atoms with van der Waals surface area (Å²) < 4.78 is 1.49. The smallest absolute Gasteiger partial charge is 0.0349 e. The van der Waals surface area contributed by atoms with Gasteiger partial charge in [-0.25, -0.2) is 0 Å². The minimum atomic E-state index is 0.676. The Kier molecular flexibility index (Phi) is 6.01. The van der Waals surface area contributed by atoms with Crippen LogP contribution in [-0.4, -0.2) is 24.0 Å². The van der Waals surface area contributed by atoms with Crippen LogP contribution in [0.2, 0.25) is 0 Å². The van der Waals surface area contributed by atoms with Crippen LogP contribution in [0.4, 0.5) is 0 Å². The Bertz CT molecular complexity index is 867. The van der Waals surface area contributed by atoms with Crippen LogP contribution in [0, 0.1) is 0 Å². The van der Waals surface area contributed by atoms with Gasteiger partial charge in [0.05, 0.1) is 0 Å². The van der Waals surface area contributed by atoms with Crippen molar-refractivity contribution in [2.75, 3.05) is 13.1 Å². The molecule has 27 heavy (non-hydrogen) atoms. The number of rotatable bonds is 6. The molecule has 0 radical (unpaired) electrons. The van der Waals surface area contributed by atoms with Crippen molar-refractivity contribution in [3.8, 4) is 11.1 Å². The van der Waals surface area contributed by atoms with Crippen molar-refractivity contribution < 1.29 is 0 Å². The Balaban J connectivity index is 1.72. The van der Waals surface area contributed by atoms with Crippen molar-refractivity contribution in [2.45, 2.75) is 64.8 Å². The topological polar surface area (TPSA) is 3.24 Å². The van der Waals surface area contributed by atoms with Crippen molar-refractivity contribution in [3.05, 3.63) is 45.5 Å². The highest BCUT2D eigenvalue weighted by molar-refractivity contribution is 7.19. The van der Waals surface area contributed by atoms with E-state index in [-0.39, 0.29) is 0 Å². The Morgan fingerprint density at radius 3 is 2.59 bits per heavy atom. The standard InChI is InChI=1S/C24H31NS2/c1-4-5-6-23-24(18-9-12-25(13-10-18)17(2)3)21-15-19(7-8-22(21)27-23)20-11-14-26-16-20/h7-8,11,14-18H,4-6,9-10,12-13H2,1-3H3. The number of hydrogen-bond donors (Lipinski definition) is 0. The fourth-order valence-corrected chi connectivity index (χ4v) is 6.43. The van der Waals surface area contributed by atoms with Crippen LogP contribution in [0.15, 0.2) is 35.0 Å². The zero-order valence-corrected chi connectivity index (χ0v) is 18.5. The minimum Gasteiger partial charge on any atom is -0.301 e. The molecule has 0 unspecified atom stereocenters. The zero-order valence-electron chi connectivity index (χ0n) is 16.8. The first-order chi connectivity index (χ1) is 13.2. The Hall–Kier alpha value is -1.16. The fraction of sp³-hybridized carbons (Fsp3) is 0.500. The maximum Gasteiger partial charge on any atom is 0.0349 e. The first-order valence-corrected chi connectivity index (χ1v) is 12.2. The van der Waals surface area contributed by atoms with Gasteiger partial charge in [-0.05, 0) is 110 Å². The van der Waals surface area contributed by atoms with Crippen LogP contribution in [-0.2, 0) is 6.42 Å². The summed E-state index contributed by atoms with van der Waals surface area (Å²) in [5.74, 6) is 0.735. The lowest BCUT2D eigenvalue weighted by molar-refractivity contribution is 0.172. The molecule has 144 valence electrons. The molecule has 1 aliphatic rings. The molecule has 1 aromatic carbocycles. The number of unbranched alkanes of at least 4 members (excludes halogenated alkanes) is 1. The summed E-state index contributed by atoms with van der Waals surface area (Å²) in [5.41, 5.74) is 4.44. The maximum absolute atomic E-state index is 2.65. The number of fused-ring (bicyclic) bond motifs is 1. The molecular formula is C24H31NS2. The Labute approximate surface area is 172 Å². The third kappa shape index (κ3) is 4.01. The number of benzene rings is 1. The normalized spacial score (nSPS) is 16.6. The molecule has 1 nitrogen and oxygen atoms in total. The molecule has 3 heteroatoms. The first-order valence-electron chi connectivity index (χ1n) is 10.5. The quantitative estimate of drug-likeness (QED) is 0.415. The lowest BCUT2D eigenvalue weighted by Crippen LogP contribution is -2.37. The molecule has 0 saturated carbocycles. The van der Waals surface area contributed by atoms with Gasteiger partial charge in [0, 0.05) is 15.6 Å².